The highest BCUT2D eigenvalue weighted by atomic mass is 15.1. The van der Waals surface area contributed by atoms with Gasteiger partial charge in [0, 0.05) is 39.6 Å². The lowest BCUT2D eigenvalue weighted by Crippen LogP contribution is -2.10. The zero-order valence-electron chi connectivity index (χ0n) is 22.0. The number of anilines is 5. The van der Waals surface area contributed by atoms with Gasteiger partial charge in [0.25, 0.3) is 0 Å². The van der Waals surface area contributed by atoms with E-state index >= 15 is 0 Å². The number of hydrogen-bond donors (Lipinski definition) is 1. The van der Waals surface area contributed by atoms with Crippen LogP contribution in [0.1, 0.15) is 41.7 Å². The zero-order valence-corrected chi connectivity index (χ0v) is 22.0. The second kappa shape index (κ2) is 10.4. The molecule has 0 fully saturated rings. The Morgan fingerprint density at radius 2 is 0.947 bits per heavy atom. The zero-order chi connectivity index (χ0) is 25.9. The third-order valence-corrected chi connectivity index (χ3v) is 7.37. The molecule has 2 heteroatoms. The normalized spacial score (nSPS) is 11.8. The van der Waals surface area contributed by atoms with Crippen LogP contribution in [0.15, 0.2) is 121 Å². The lowest BCUT2D eigenvalue weighted by molar-refractivity contribution is 1.13. The highest BCUT2D eigenvalue weighted by Crippen LogP contribution is 2.42. The summed E-state index contributed by atoms with van der Waals surface area (Å²) in [7, 11) is 0. The molecule has 5 aromatic rings. The minimum absolute atomic E-state index is 1.04. The maximum atomic E-state index is 3.59. The maximum Gasteiger partial charge on any atom is 0.0464 e. The number of para-hydroxylation sites is 2. The third kappa shape index (κ3) is 4.62. The Labute approximate surface area is 225 Å². The monoisotopic (exact) mass is 492 g/mol. The van der Waals surface area contributed by atoms with Crippen LogP contribution in [0.4, 0.5) is 28.4 Å². The van der Waals surface area contributed by atoms with Crippen molar-refractivity contribution >= 4 is 40.1 Å². The number of rotatable bonds is 6. The lowest BCUT2D eigenvalue weighted by Gasteiger charge is -2.26. The molecule has 1 N–H and O–H groups in total. The van der Waals surface area contributed by atoms with Gasteiger partial charge < -0.3 is 10.2 Å². The summed E-state index contributed by atoms with van der Waals surface area (Å²) in [6.45, 7) is 4.39. The number of nitrogens with one attached hydrogen (secondary N) is 1. The Morgan fingerprint density at radius 3 is 1.39 bits per heavy atom. The summed E-state index contributed by atoms with van der Waals surface area (Å²) in [6.07, 6.45) is 4.38. The van der Waals surface area contributed by atoms with Crippen LogP contribution in [0.2, 0.25) is 0 Å². The van der Waals surface area contributed by atoms with Gasteiger partial charge in [-0.2, -0.15) is 0 Å². The molecule has 0 aliphatic carbocycles. The minimum atomic E-state index is 1.04. The molecule has 6 rings (SSSR count). The molecule has 0 saturated heterocycles. The predicted molar refractivity (Wildman–Crippen MR) is 163 cm³/mol. The molecule has 0 bridgehead atoms. The Balaban J connectivity index is 1.40. The molecule has 1 heterocycles. The predicted octanol–water partition coefficient (Wildman–Crippen LogP) is 9.93. The summed E-state index contributed by atoms with van der Waals surface area (Å²) >= 11 is 0. The van der Waals surface area contributed by atoms with E-state index in [9.17, 15) is 0 Å². The Kier molecular flexibility index (Phi) is 6.54. The van der Waals surface area contributed by atoms with Gasteiger partial charge in [0.05, 0.1) is 0 Å². The minimum Gasteiger partial charge on any atom is -0.355 e. The molecular weight excluding hydrogens is 460 g/mol. The second-order valence-corrected chi connectivity index (χ2v) is 9.74. The van der Waals surface area contributed by atoms with Crippen LogP contribution in [0.5, 0.6) is 0 Å². The molecule has 1 aliphatic rings. The number of nitrogens with zero attached hydrogens (tertiary/aromatic N) is 1. The van der Waals surface area contributed by atoms with E-state index in [0.29, 0.717) is 0 Å². The number of hydrogen-bond acceptors (Lipinski definition) is 2. The van der Waals surface area contributed by atoms with Crippen LogP contribution in [-0.2, 0) is 12.8 Å². The molecule has 186 valence electrons. The molecule has 0 unspecified atom stereocenters. The SMILES string of the molecule is CCc1ccc(N(c2ccc(C=C3c4ccccc4Nc4ccccc43)cc2)c2ccc(CC)cc2)cc1. The summed E-state index contributed by atoms with van der Waals surface area (Å²) < 4.78 is 0. The second-order valence-electron chi connectivity index (χ2n) is 9.74. The molecule has 0 radical (unpaired) electrons. The van der Waals surface area contributed by atoms with Gasteiger partial charge in [0.2, 0.25) is 0 Å². The standard InChI is InChI=1S/C36H32N2/c1-3-26-13-19-29(20-14-26)38(30-21-15-27(4-2)16-22-30)31-23-17-28(18-24-31)25-34-32-9-5-7-11-35(32)37-36-12-8-6-10-33(34)36/h5-25,37H,3-4H2,1-2H3. The molecule has 0 atom stereocenters. The van der Waals surface area contributed by atoms with Gasteiger partial charge in [0.1, 0.15) is 0 Å². The van der Waals surface area contributed by atoms with Crippen molar-refractivity contribution < 1.29 is 0 Å². The fourth-order valence-electron chi connectivity index (χ4n) is 5.19. The van der Waals surface area contributed by atoms with Crippen molar-refractivity contribution in [1.82, 2.24) is 0 Å². The highest BCUT2D eigenvalue weighted by Gasteiger charge is 2.19. The van der Waals surface area contributed by atoms with Crippen LogP contribution in [0, 0.1) is 0 Å². The van der Waals surface area contributed by atoms with Gasteiger partial charge in [-0.05, 0) is 89.7 Å². The van der Waals surface area contributed by atoms with E-state index in [1.165, 1.54) is 44.8 Å². The first kappa shape index (κ1) is 23.8. The van der Waals surface area contributed by atoms with Gasteiger partial charge in [-0.1, -0.05) is 86.6 Å². The number of aryl methyl sites for hydroxylation is 2. The van der Waals surface area contributed by atoms with Crippen molar-refractivity contribution in [3.8, 4) is 0 Å². The van der Waals surface area contributed by atoms with Gasteiger partial charge in [-0.3, -0.25) is 0 Å². The van der Waals surface area contributed by atoms with Crippen molar-refractivity contribution in [2.45, 2.75) is 26.7 Å². The van der Waals surface area contributed by atoms with Crippen LogP contribution < -0.4 is 10.2 Å². The first-order valence-electron chi connectivity index (χ1n) is 13.5. The fourth-order valence-corrected chi connectivity index (χ4v) is 5.19. The van der Waals surface area contributed by atoms with Gasteiger partial charge in [0.15, 0.2) is 0 Å². The van der Waals surface area contributed by atoms with Crippen LogP contribution in [0.3, 0.4) is 0 Å². The van der Waals surface area contributed by atoms with E-state index in [2.05, 4.69) is 151 Å². The quantitative estimate of drug-likeness (QED) is 0.249. The summed E-state index contributed by atoms with van der Waals surface area (Å²) in [4.78, 5) is 2.34. The number of benzene rings is 5. The van der Waals surface area contributed by atoms with Crippen molar-refractivity contribution in [2.24, 2.45) is 0 Å². The average molecular weight is 493 g/mol. The molecule has 0 spiro atoms. The Bertz CT molecular complexity index is 1480. The van der Waals surface area contributed by atoms with E-state index < -0.39 is 0 Å². The Hall–Kier alpha value is -4.56. The van der Waals surface area contributed by atoms with Gasteiger partial charge >= 0.3 is 0 Å². The largest absolute Gasteiger partial charge is 0.355 e. The van der Waals surface area contributed by atoms with Gasteiger partial charge in [-0.25, -0.2) is 0 Å². The first-order valence-corrected chi connectivity index (χ1v) is 13.5. The molecular formula is C36H32N2. The molecule has 38 heavy (non-hydrogen) atoms. The molecule has 2 nitrogen and oxygen atoms in total. The topological polar surface area (TPSA) is 15.3 Å². The molecule has 0 saturated carbocycles. The van der Waals surface area contributed by atoms with E-state index in [0.717, 1.165) is 29.9 Å². The first-order chi connectivity index (χ1) is 18.7. The van der Waals surface area contributed by atoms with Gasteiger partial charge in [-0.15, -0.1) is 0 Å². The van der Waals surface area contributed by atoms with E-state index in [1.807, 2.05) is 0 Å². The van der Waals surface area contributed by atoms with Crippen LogP contribution in [0.25, 0.3) is 11.6 Å². The van der Waals surface area contributed by atoms with Crippen molar-refractivity contribution in [2.75, 3.05) is 10.2 Å². The maximum absolute atomic E-state index is 3.59. The molecule has 0 aromatic heterocycles. The summed E-state index contributed by atoms with van der Waals surface area (Å²) in [5.74, 6) is 0. The smallest absolute Gasteiger partial charge is 0.0464 e. The molecule has 5 aromatic carbocycles. The third-order valence-electron chi connectivity index (χ3n) is 7.37. The molecule has 0 amide bonds. The highest BCUT2D eigenvalue weighted by molar-refractivity contribution is 6.03. The average Bonchev–Trinajstić information content (AvgIpc) is 2.98. The van der Waals surface area contributed by atoms with E-state index in [1.54, 1.807) is 0 Å². The van der Waals surface area contributed by atoms with E-state index in [4.69, 9.17) is 0 Å². The van der Waals surface area contributed by atoms with Crippen molar-refractivity contribution in [1.29, 1.82) is 0 Å². The van der Waals surface area contributed by atoms with Crippen LogP contribution in [-0.4, -0.2) is 0 Å². The Morgan fingerprint density at radius 1 is 0.526 bits per heavy atom. The summed E-state index contributed by atoms with van der Waals surface area (Å²) in [5, 5.41) is 3.59. The summed E-state index contributed by atoms with van der Waals surface area (Å²) in [5.41, 5.74) is 13.3. The molecule has 1 aliphatic heterocycles. The number of fused-ring (bicyclic) bond motifs is 2. The van der Waals surface area contributed by atoms with E-state index in [-0.39, 0.29) is 0 Å². The van der Waals surface area contributed by atoms with Crippen molar-refractivity contribution in [3.05, 3.63) is 149 Å². The van der Waals surface area contributed by atoms with Crippen molar-refractivity contribution in [3.63, 3.8) is 0 Å². The van der Waals surface area contributed by atoms with Crippen LogP contribution >= 0.6 is 0 Å². The summed E-state index contributed by atoms with van der Waals surface area (Å²) in [6, 6.07) is 43.8. The fraction of sp³-hybridized carbons (Fsp3) is 0.111. The lowest BCUT2D eigenvalue weighted by atomic mass is 9.90.